The fourth-order valence-electron chi connectivity index (χ4n) is 3.86. The van der Waals surface area contributed by atoms with Crippen molar-refractivity contribution in [2.24, 2.45) is 0 Å². The first-order chi connectivity index (χ1) is 17.5. The first-order valence-electron chi connectivity index (χ1n) is 12.5. The van der Waals surface area contributed by atoms with E-state index in [-0.39, 0.29) is 17.9 Å². The van der Waals surface area contributed by atoms with Gasteiger partial charge in [0.05, 0.1) is 0 Å². The van der Waals surface area contributed by atoms with E-state index < -0.39 is 6.04 Å². The molecule has 0 saturated heterocycles. The Kier molecular flexibility index (Phi) is 11.4. The van der Waals surface area contributed by atoms with Crippen LogP contribution in [0.15, 0.2) is 89.8 Å². The summed E-state index contributed by atoms with van der Waals surface area (Å²) in [5, 5.41) is 3.83. The maximum atomic E-state index is 13.6. The maximum Gasteiger partial charge on any atom is 0.243 e. The number of nitrogens with one attached hydrogen (secondary N) is 1. The average molecular weight is 523 g/mol. The predicted molar refractivity (Wildman–Crippen MR) is 150 cm³/mol. The van der Waals surface area contributed by atoms with Crippen LogP contribution in [0.4, 0.5) is 0 Å². The molecule has 0 aliphatic rings. The summed E-state index contributed by atoms with van der Waals surface area (Å²) in [6.07, 6.45) is 2.41. The molecule has 2 amide bonds. The Morgan fingerprint density at radius 2 is 1.53 bits per heavy atom. The Labute approximate surface area is 224 Å². The van der Waals surface area contributed by atoms with Crippen LogP contribution in [0, 0.1) is 0 Å². The van der Waals surface area contributed by atoms with E-state index >= 15 is 0 Å². The molecule has 2 atom stereocenters. The molecule has 0 fully saturated rings. The largest absolute Gasteiger partial charge is 0.352 e. The molecule has 3 aromatic carbocycles. The fraction of sp³-hybridized carbons (Fsp3) is 0.333. The minimum absolute atomic E-state index is 0.00390. The van der Waals surface area contributed by atoms with Crippen LogP contribution in [-0.4, -0.2) is 34.6 Å². The molecule has 4 nitrogen and oxygen atoms in total. The third kappa shape index (κ3) is 9.03. The Hall–Kier alpha value is -2.76. The van der Waals surface area contributed by atoms with Crippen LogP contribution in [0.3, 0.4) is 0 Å². The summed E-state index contributed by atoms with van der Waals surface area (Å²) in [6, 6.07) is 27.0. The van der Waals surface area contributed by atoms with Gasteiger partial charge in [0.15, 0.2) is 0 Å². The van der Waals surface area contributed by atoms with Gasteiger partial charge in [0.25, 0.3) is 0 Å². The predicted octanol–water partition coefficient (Wildman–Crippen LogP) is 6.77. The van der Waals surface area contributed by atoms with Gasteiger partial charge in [-0.3, -0.25) is 9.59 Å². The van der Waals surface area contributed by atoms with E-state index in [2.05, 4.69) is 5.32 Å². The lowest BCUT2D eigenvalue weighted by Gasteiger charge is -2.32. The summed E-state index contributed by atoms with van der Waals surface area (Å²) < 4.78 is 0. The molecule has 3 aromatic rings. The van der Waals surface area contributed by atoms with Crippen LogP contribution < -0.4 is 5.32 Å². The van der Waals surface area contributed by atoms with E-state index in [4.69, 9.17) is 11.6 Å². The normalized spacial score (nSPS) is 12.5. The first kappa shape index (κ1) is 27.8. The lowest BCUT2D eigenvalue weighted by atomic mass is 10.0. The van der Waals surface area contributed by atoms with Crippen LogP contribution in [0.2, 0.25) is 5.02 Å². The molecule has 0 radical (unpaired) electrons. The zero-order chi connectivity index (χ0) is 25.8. The van der Waals surface area contributed by atoms with Gasteiger partial charge in [0.1, 0.15) is 6.04 Å². The van der Waals surface area contributed by atoms with Crippen molar-refractivity contribution in [2.75, 3.05) is 5.75 Å². The molecule has 190 valence electrons. The Morgan fingerprint density at radius 3 is 2.14 bits per heavy atom. The summed E-state index contributed by atoms with van der Waals surface area (Å²) in [5.41, 5.74) is 2.04. The van der Waals surface area contributed by atoms with Gasteiger partial charge in [-0.15, -0.1) is 11.8 Å². The first-order valence-corrected chi connectivity index (χ1v) is 13.9. The molecule has 0 heterocycles. The second-order valence-electron chi connectivity index (χ2n) is 8.94. The van der Waals surface area contributed by atoms with Gasteiger partial charge in [-0.2, -0.15) is 0 Å². The molecule has 0 saturated carbocycles. The third-order valence-corrected chi connectivity index (χ3v) is 7.44. The summed E-state index contributed by atoms with van der Waals surface area (Å²) in [4.78, 5) is 30.0. The maximum absolute atomic E-state index is 13.6. The highest BCUT2D eigenvalue weighted by Crippen LogP contribution is 2.22. The zero-order valence-corrected chi connectivity index (χ0v) is 22.6. The lowest BCUT2D eigenvalue weighted by Crippen LogP contribution is -2.52. The molecule has 36 heavy (non-hydrogen) atoms. The highest BCUT2D eigenvalue weighted by Gasteiger charge is 2.30. The number of halogens is 1. The monoisotopic (exact) mass is 522 g/mol. The fourth-order valence-corrected chi connectivity index (χ4v) is 4.84. The van der Waals surface area contributed by atoms with Crippen molar-refractivity contribution in [3.05, 3.63) is 101 Å². The topological polar surface area (TPSA) is 49.4 Å². The number of nitrogens with zero attached hydrogens (tertiary/aromatic N) is 1. The Balaban J connectivity index is 1.76. The number of carbonyl (C=O) groups is 2. The number of carbonyl (C=O) groups excluding carboxylic acids is 2. The van der Waals surface area contributed by atoms with Gasteiger partial charge < -0.3 is 10.2 Å². The highest BCUT2D eigenvalue weighted by atomic mass is 35.5. The van der Waals surface area contributed by atoms with E-state index in [1.165, 1.54) is 0 Å². The van der Waals surface area contributed by atoms with Crippen molar-refractivity contribution in [3.63, 3.8) is 0 Å². The number of benzene rings is 3. The average Bonchev–Trinajstić information content (AvgIpc) is 2.90. The lowest BCUT2D eigenvalue weighted by molar-refractivity contribution is -0.141. The summed E-state index contributed by atoms with van der Waals surface area (Å²) in [5.74, 6) is 0.707. The van der Waals surface area contributed by atoms with Crippen molar-refractivity contribution in [2.45, 2.75) is 63.1 Å². The van der Waals surface area contributed by atoms with Crippen LogP contribution in [-0.2, 0) is 22.6 Å². The Bertz CT molecular complexity index is 1080. The molecule has 0 aliphatic heterocycles. The number of hydrogen-bond acceptors (Lipinski definition) is 3. The van der Waals surface area contributed by atoms with Gasteiger partial charge in [-0.1, -0.05) is 79.2 Å². The van der Waals surface area contributed by atoms with E-state index in [9.17, 15) is 9.59 Å². The van der Waals surface area contributed by atoms with E-state index in [0.717, 1.165) is 34.6 Å². The number of amides is 2. The minimum Gasteiger partial charge on any atom is -0.352 e. The van der Waals surface area contributed by atoms with Crippen molar-refractivity contribution in [3.8, 4) is 0 Å². The molecule has 0 bridgehead atoms. The van der Waals surface area contributed by atoms with Crippen LogP contribution in [0.25, 0.3) is 0 Å². The molecular formula is C30H35ClN2O2S. The van der Waals surface area contributed by atoms with Gasteiger partial charge in [-0.25, -0.2) is 0 Å². The van der Waals surface area contributed by atoms with Crippen molar-refractivity contribution < 1.29 is 9.59 Å². The SMILES string of the molecule is CC[C@@H](C)NC(=O)[C@@H](Cc1ccccc1)N(Cc1ccccc1)C(=O)CCCSc1ccc(Cl)cc1. The molecular weight excluding hydrogens is 488 g/mol. The van der Waals surface area contributed by atoms with Crippen LogP contribution in [0.1, 0.15) is 44.2 Å². The van der Waals surface area contributed by atoms with Gasteiger partial charge in [0, 0.05) is 35.3 Å². The zero-order valence-electron chi connectivity index (χ0n) is 21.0. The molecule has 0 aromatic heterocycles. The minimum atomic E-state index is -0.585. The molecule has 1 N–H and O–H groups in total. The molecule has 0 spiro atoms. The third-order valence-electron chi connectivity index (χ3n) is 6.09. The smallest absolute Gasteiger partial charge is 0.243 e. The summed E-state index contributed by atoms with van der Waals surface area (Å²) in [7, 11) is 0. The number of rotatable bonds is 13. The van der Waals surface area contributed by atoms with Crippen LogP contribution >= 0.6 is 23.4 Å². The van der Waals surface area contributed by atoms with Crippen molar-refractivity contribution in [1.29, 1.82) is 0 Å². The Morgan fingerprint density at radius 1 is 0.917 bits per heavy atom. The van der Waals surface area contributed by atoms with Gasteiger partial charge in [0.2, 0.25) is 11.8 Å². The number of hydrogen-bond donors (Lipinski definition) is 1. The quantitative estimate of drug-likeness (QED) is 0.199. The van der Waals surface area contributed by atoms with Crippen molar-refractivity contribution in [1.82, 2.24) is 10.2 Å². The molecule has 0 unspecified atom stereocenters. The van der Waals surface area contributed by atoms with Crippen molar-refractivity contribution >= 4 is 35.2 Å². The second-order valence-corrected chi connectivity index (χ2v) is 10.5. The molecule has 3 rings (SSSR count). The molecule has 6 heteroatoms. The van der Waals surface area contributed by atoms with E-state index in [1.54, 1.807) is 16.7 Å². The summed E-state index contributed by atoms with van der Waals surface area (Å²) in [6.45, 7) is 4.44. The highest BCUT2D eigenvalue weighted by molar-refractivity contribution is 7.99. The standard InChI is InChI=1S/C30H35ClN2O2S/c1-3-23(2)32-30(35)28(21-24-11-6-4-7-12-24)33(22-25-13-8-5-9-14-25)29(34)15-10-20-36-27-18-16-26(31)17-19-27/h4-9,11-14,16-19,23,28H,3,10,15,20-22H2,1-2H3,(H,32,35)/t23-,28-/m1/s1. The number of thioether (sulfide) groups is 1. The summed E-state index contributed by atoms with van der Waals surface area (Å²) >= 11 is 7.68. The second kappa shape index (κ2) is 14.7. The molecule has 0 aliphatic carbocycles. The van der Waals surface area contributed by atoms with E-state index in [0.29, 0.717) is 24.4 Å². The van der Waals surface area contributed by atoms with Gasteiger partial charge in [-0.05, 0) is 60.9 Å². The van der Waals surface area contributed by atoms with E-state index in [1.807, 2.05) is 98.8 Å². The van der Waals surface area contributed by atoms with Crippen LogP contribution in [0.5, 0.6) is 0 Å². The van der Waals surface area contributed by atoms with Gasteiger partial charge >= 0.3 is 0 Å².